The number of aromatic nitrogens is 6. The zero-order valence-corrected chi connectivity index (χ0v) is 20.4. The molecule has 0 atom stereocenters. The van der Waals surface area contributed by atoms with Gasteiger partial charge in [0.1, 0.15) is 11.5 Å². The Morgan fingerprint density at radius 1 is 0.771 bits per heavy atom. The molecule has 0 saturated heterocycles. The first-order valence-electron chi connectivity index (χ1n) is 10.4. The van der Waals surface area contributed by atoms with Gasteiger partial charge in [-0.25, -0.2) is 19.0 Å². The molecule has 10 nitrogen and oxygen atoms in total. The topological polar surface area (TPSA) is 108 Å². The molecule has 6 rings (SSSR count). The van der Waals surface area contributed by atoms with Gasteiger partial charge < -0.3 is 19.3 Å². The number of benzene rings is 2. The molecule has 0 fully saturated rings. The van der Waals surface area contributed by atoms with Gasteiger partial charge >= 0.3 is 0 Å². The summed E-state index contributed by atoms with van der Waals surface area (Å²) in [6.45, 7) is 0. The Morgan fingerprint density at radius 2 is 1.43 bits per heavy atom. The first kappa shape index (κ1) is 21.4. The van der Waals surface area contributed by atoms with Crippen LogP contribution in [0.1, 0.15) is 0 Å². The van der Waals surface area contributed by atoms with Crippen LogP contribution in [-0.4, -0.2) is 55.6 Å². The highest BCUT2D eigenvalue weighted by atomic mass is 32.1. The number of phenolic OH excluding ortho intramolecular Hbond substituents is 1. The maximum absolute atomic E-state index is 10.9. The SMILES string of the molecule is COc1nn2cc(-c3ccc(O)c(-c4cccc(OC)c4-c4cn5nc(OC)sc5n4)c3)nc2s1. The van der Waals surface area contributed by atoms with E-state index >= 15 is 0 Å². The van der Waals surface area contributed by atoms with Crippen LogP contribution in [0.4, 0.5) is 0 Å². The minimum Gasteiger partial charge on any atom is -0.507 e. The Balaban J connectivity index is 1.49. The molecule has 0 spiro atoms. The summed E-state index contributed by atoms with van der Waals surface area (Å²) in [4.78, 5) is 10.8. The van der Waals surface area contributed by atoms with Gasteiger partial charge in [-0.1, -0.05) is 12.1 Å². The molecule has 0 aliphatic carbocycles. The van der Waals surface area contributed by atoms with E-state index in [4.69, 9.17) is 19.2 Å². The van der Waals surface area contributed by atoms with Crippen molar-refractivity contribution in [2.75, 3.05) is 21.3 Å². The molecule has 0 aliphatic heterocycles. The predicted octanol–water partition coefficient (Wildman–Crippen LogP) is 4.63. The molecule has 6 aromatic rings. The lowest BCUT2D eigenvalue weighted by molar-refractivity contribution is 0.405. The quantitative estimate of drug-likeness (QED) is 0.348. The van der Waals surface area contributed by atoms with Crippen LogP contribution in [0.15, 0.2) is 48.8 Å². The molecule has 0 aliphatic rings. The molecule has 2 aromatic carbocycles. The van der Waals surface area contributed by atoms with Gasteiger partial charge in [-0.05, 0) is 52.5 Å². The number of rotatable bonds is 6. The van der Waals surface area contributed by atoms with Crippen molar-refractivity contribution < 1.29 is 19.3 Å². The van der Waals surface area contributed by atoms with Gasteiger partial charge in [-0.3, -0.25) is 0 Å². The zero-order valence-electron chi connectivity index (χ0n) is 18.8. The van der Waals surface area contributed by atoms with Crippen molar-refractivity contribution in [3.05, 3.63) is 48.8 Å². The van der Waals surface area contributed by atoms with E-state index in [1.165, 1.54) is 22.7 Å². The van der Waals surface area contributed by atoms with E-state index in [0.29, 0.717) is 32.4 Å². The fourth-order valence-corrected chi connectivity index (χ4v) is 5.29. The highest BCUT2D eigenvalue weighted by Gasteiger charge is 2.21. The summed E-state index contributed by atoms with van der Waals surface area (Å²) in [5.41, 5.74) is 4.37. The Bertz CT molecular complexity index is 1640. The van der Waals surface area contributed by atoms with Crippen LogP contribution < -0.4 is 14.2 Å². The summed E-state index contributed by atoms with van der Waals surface area (Å²) in [6, 6.07) is 11.1. The maximum atomic E-state index is 10.9. The number of hydrogen-bond donors (Lipinski definition) is 1. The van der Waals surface area contributed by atoms with Crippen LogP contribution in [0.5, 0.6) is 21.9 Å². The molecule has 0 unspecified atom stereocenters. The lowest BCUT2D eigenvalue weighted by atomic mass is 9.94. The van der Waals surface area contributed by atoms with Gasteiger partial charge in [-0.15, -0.1) is 10.2 Å². The third-order valence-corrected chi connectivity index (χ3v) is 7.25. The molecule has 0 amide bonds. The molecule has 0 saturated carbocycles. The Kier molecular flexibility index (Phi) is 5.04. The molecule has 176 valence electrons. The lowest BCUT2D eigenvalue weighted by Gasteiger charge is -2.14. The van der Waals surface area contributed by atoms with Gasteiger partial charge in [0.15, 0.2) is 0 Å². The highest BCUT2D eigenvalue weighted by Crippen LogP contribution is 2.43. The van der Waals surface area contributed by atoms with Gasteiger partial charge in [0.25, 0.3) is 10.4 Å². The van der Waals surface area contributed by atoms with Gasteiger partial charge in [0.05, 0.1) is 50.7 Å². The lowest BCUT2D eigenvalue weighted by Crippen LogP contribution is -1.93. The van der Waals surface area contributed by atoms with E-state index in [2.05, 4.69) is 15.2 Å². The van der Waals surface area contributed by atoms with Crippen molar-refractivity contribution in [3.63, 3.8) is 0 Å². The minimum atomic E-state index is 0.130. The average molecular weight is 507 g/mol. The average Bonchev–Trinajstić information content (AvgIpc) is 3.62. The fourth-order valence-electron chi connectivity index (χ4n) is 3.89. The van der Waals surface area contributed by atoms with Crippen molar-refractivity contribution in [1.82, 2.24) is 29.2 Å². The number of aromatic hydroxyl groups is 1. The normalized spacial score (nSPS) is 11.4. The predicted molar refractivity (Wildman–Crippen MR) is 133 cm³/mol. The first-order chi connectivity index (χ1) is 17.1. The number of methoxy groups -OCH3 is 3. The van der Waals surface area contributed by atoms with Crippen molar-refractivity contribution >= 4 is 32.6 Å². The minimum absolute atomic E-state index is 0.130. The second-order valence-corrected chi connectivity index (χ2v) is 9.30. The molecule has 1 N–H and O–H groups in total. The van der Waals surface area contributed by atoms with Crippen LogP contribution in [-0.2, 0) is 0 Å². The van der Waals surface area contributed by atoms with Crippen molar-refractivity contribution in [3.8, 4) is 55.5 Å². The van der Waals surface area contributed by atoms with E-state index in [0.717, 1.165) is 27.3 Å². The Labute approximate surface area is 206 Å². The molecular weight excluding hydrogens is 488 g/mol. The van der Waals surface area contributed by atoms with Crippen LogP contribution in [0.3, 0.4) is 0 Å². The Morgan fingerprint density at radius 3 is 2.06 bits per heavy atom. The van der Waals surface area contributed by atoms with E-state index in [1.54, 1.807) is 36.4 Å². The molecule has 12 heteroatoms. The standard InChI is InChI=1S/C23H18N6O4S2/c1-31-18-6-4-5-13(19(18)16-11-29-21(25-16)35-23(27-29)33-3)14-9-12(7-8-17(14)30)15-10-28-20(24-15)34-22(26-28)32-2/h4-11,30H,1-3H3. The molecule has 4 heterocycles. The summed E-state index contributed by atoms with van der Waals surface area (Å²) in [5.74, 6) is 0.758. The summed E-state index contributed by atoms with van der Waals surface area (Å²) in [5, 5.41) is 20.6. The fraction of sp³-hybridized carbons (Fsp3) is 0.130. The summed E-state index contributed by atoms with van der Waals surface area (Å²) in [6.07, 6.45) is 3.65. The number of hydrogen-bond acceptors (Lipinski definition) is 10. The molecule has 0 radical (unpaired) electrons. The van der Waals surface area contributed by atoms with E-state index < -0.39 is 0 Å². The van der Waals surface area contributed by atoms with Crippen molar-refractivity contribution in [2.45, 2.75) is 0 Å². The van der Waals surface area contributed by atoms with Crippen molar-refractivity contribution in [1.29, 1.82) is 0 Å². The third kappa shape index (κ3) is 3.54. The third-order valence-electron chi connectivity index (χ3n) is 5.48. The van der Waals surface area contributed by atoms with Crippen LogP contribution in [0.2, 0.25) is 0 Å². The molecule has 0 bridgehead atoms. The van der Waals surface area contributed by atoms with Gasteiger partial charge in [-0.2, -0.15) is 0 Å². The first-order valence-corrected chi connectivity index (χ1v) is 12.0. The second kappa shape index (κ2) is 8.25. The Hall–Kier alpha value is -4.16. The molecular formula is C23H18N6O4S2. The maximum Gasteiger partial charge on any atom is 0.294 e. The number of ether oxygens (including phenoxy) is 3. The number of fused-ring (bicyclic) bond motifs is 2. The van der Waals surface area contributed by atoms with E-state index in [-0.39, 0.29) is 5.75 Å². The van der Waals surface area contributed by atoms with Crippen LogP contribution in [0.25, 0.3) is 43.6 Å². The van der Waals surface area contributed by atoms with Crippen molar-refractivity contribution in [2.24, 2.45) is 0 Å². The molecule has 4 aromatic heterocycles. The summed E-state index contributed by atoms with van der Waals surface area (Å²) >= 11 is 2.69. The van der Waals surface area contributed by atoms with Gasteiger partial charge in [0.2, 0.25) is 9.92 Å². The summed E-state index contributed by atoms with van der Waals surface area (Å²) in [7, 11) is 4.76. The summed E-state index contributed by atoms with van der Waals surface area (Å²) < 4.78 is 19.4. The number of imidazole rings is 2. The second-order valence-electron chi connectivity index (χ2n) is 7.47. The van der Waals surface area contributed by atoms with Gasteiger partial charge in [0, 0.05) is 11.1 Å². The monoisotopic (exact) mass is 506 g/mol. The van der Waals surface area contributed by atoms with Crippen LogP contribution >= 0.6 is 22.7 Å². The molecule has 35 heavy (non-hydrogen) atoms. The smallest absolute Gasteiger partial charge is 0.294 e. The number of nitrogens with zero attached hydrogens (tertiary/aromatic N) is 6. The highest BCUT2D eigenvalue weighted by molar-refractivity contribution is 7.18. The largest absolute Gasteiger partial charge is 0.507 e. The van der Waals surface area contributed by atoms with E-state index in [9.17, 15) is 5.11 Å². The number of phenols is 1. The van der Waals surface area contributed by atoms with Crippen LogP contribution in [0, 0.1) is 0 Å². The van der Waals surface area contributed by atoms with E-state index in [1.807, 2.05) is 42.7 Å². The zero-order chi connectivity index (χ0) is 24.1.